The van der Waals surface area contributed by atoms with Crippen molar-refractivity contribution in [3.8, 4) is 0 Å². The van der Waals surface area contributed by atoms with E-state index in [1.54, 1.807) is 6.20 Å². The Balaban J connectivity index is 1.79. The molecular weight excluding hydrogens is 322 g/mol. The highest BCUT2D eigenvalue weighted by Crippen LogP contribution is 2.23. The van der Waals surface area contributed by atoms with Gasteiger partial charge >= 0.3 is 0 Å². The van der Waals surface area contributed by atoms with Crippen molar-refractivity contribution in [2.45, 2.75) is 13.5 Å². The molecule has 0 aliphatic carbocycles. The number of rotatable bonds is 6. The quantitative estimate of drug-likeness (QED) is 0.725. The zero-order valence-electron chi connectivity index (χ0n) is 13.4. The van der Waals surface area contributed by atoms with Gasteiger partial charge in [-0.15, -0.1) is 5.10 Å². The first-order valence-corrected chi connectivity index (χ1v) is 8.14. The molecule has 0 saturated heterocycles. The number of nitrogens with one attached hydrogen (secondary N) is 1. The molecule has 3 rings (SSSR count). The number of anilines is 3. The highest BCUT2D eigenvalue weighted by Gasteiger charge is 2.10. The lowest BCUT2D eigenvalue weighted by Gasteiger charge is -2.21. The van der Waals surface area contributed by atoms with Gasteiger partial charge in [-0.3, -0.25) is 0 Å². The number of halogens is 1. The molecule has 0 aliphatic rings. The highest BCUT2D eigenvalue weighted by molar-refractivity contribution is 6.33. The van der Waals surface area contributed by atoms with Gasteiger partial charge in [0.05, 0.1) is 16.9 Å². The Kier molecular flexibility index (Phi) is 5.23. The molecule has 0 bridgehead atoms. The SMILES string of the molecule is CCN(Cc1ccccc1)c1cnnc(Nc2ccccc2Cl)n1. The van der Waals surface area contributed by atoms with Crippen LogP contribution in [0.3, 0.4) is 0 Å². The molecule has 0 saturated carbocycles. The molecule has 0 aliphatic heterocycles. The van der Waals surface area contributed by atoms with E-state index in [1.807, 2.05) is 42.5 Å². The third-order valence-corrected chi connectivity index (χ3v) is 3.92. The summed E-state index contributed by atoms with van der Waals surface area (Å²) >= 11 is 6.16. The van der Waals surface area contributed by atoms with Gasteiger partial charge in [-0.2, -0.15) is 10.1 Å². The fourth-order valence-electron chi connectivity index (χ4n) is 2.34. The number of para-hydroxylation sites is 1. The smallest absolute Gasteiger partial charge is 0.249 e. The van der Waals surface area contributed by atoms with Gasteiger partial charge in [-0.1, -0.05) is 54.1 Å². The summed E-state index contributed by atoms with van der Waals surface area (Å²) in [6.45, 7) is 3.67. The molecule has 5 nitrogen and oxygen atoms in total. The Morgan fingerprint density at radius 2 is 1.79 bits per heavy atom. The molecule has 0 amide bonds. The van der Waals surface area contributed by atoms with Gasteiger partial charge in [-0.25, -0.2) is 0 Å². The second kappa shape index (κ2) is 7.75. The molecule has 3 aromatic rings. The van der Waals surface area contributed by atoms with Crippen molar-refractivity contribution in [2.24, 2.45) is 0 Å². The van der Waals surface area contributed by atoms with Crippen LogP contribution in [0.2, 0.25) is 5.02 Å². The molecule has 0 atom stereocenters. The topological polar surface area (TPSA) is 53.9 Å². The van der Waals surface area contributed by atoms with Crippen LogP contribution in [0.5, 0.6) is 0 Å². The first-order chi connectivity index (χ1) is 11.8. The van der Waals surface area contributed by atoms with Crippen molar-refractivity contribution in [3.05, 3.63) is 71.4 Å². The van der Waals surface area contributed by atoms with Crippen LogP contribution < -0.4 is 10.2 Å². The van der Waals surface area contributed by atoms with Crippen LogP contribution >= 0.6 is 11.6 Å². The highest BCUT2D eigenvalue weighted by atomic mass is 35.5. The van der Waals surface area contributed by atoms with Crippen LogP contribution in [0.15, 0.2) is 60.8 Å². The van der Waals surface area contributed by atoms with Crippen molar-refractivity contribution >= 4 is 29.1 Å². The Labute approximate surface area is 146 Å². The van der Waals surface area contributed by atoms with Crippen LogP contribution in [-0.4, -0.2) is 21.7 Å². The van der Waals surface area contributed by atoms with Crippen molar-refractivity contribution in [2.75, 3.05) is 16.8 Å². The maximum absolute atomic E-state index is 6.16. The zero-order valence-corrected chi connectivity index (χ0v) is 14.1. The van der Waals surface area contributed by atoms with E-state index in [-0.39, 0.29) is 0 Å². The van der Waals surface area contributed by atoms with Gasteiger partial charge in [-0.05, 0) is 24.6 Å². The molecule has 1 heterocycles. The maximum atomic E-state index is 6.16. The largest absolute Gasteiger partial charge is 0.351 e. The molecule has 0 fully saturated rings. The van der Waals surface area contributed by atoms with Crippen LogP contribution in [0.4, 0.5) is 17.5 Å². The van der Waals surface area contributed by atoms with Crippen molar-refractivity contribution < 1.29 is 0 Å². The van der Waals surface area contributed by atoms with E-state index in [2.05, 4.69) is 44.5 Å². The van der Waals surface area contributed by atoms with Gasteiger partial charge < -0.3 is 10.2 Å². The lowest BCUT2D eigenvalue weighted by molar-refractivity contribution is 0.798. The van der Waals surface area contributed by atoms with Crippen molar-refractivity contribution in [1.82, 2.24) is 15.2 Å². The van der Waals surface area contributed by atoms with Gasteiger partial charge in [0, 0.05) is 13.1 Å². The molecule has 1 aromatic heterocycles. The second-order valence-corrected chi connectivity index (χ2v) is 5.65. The third-order valence-electron chi connectivity index (χ3n) is 3.59. The second-order valence-electron chi connectivity index (χ2n) is 5.24. The van der Waals surface area contributed by atoms with E-state index in [0.717, 1.165) is 24.6 Å². The lowest BCUT2D eigenvalue weighted by Crippen LogP contribution is -2.23. The summed E-state index contributed by atoms with van der Waals surface area (Å²) in [7, 11) is 0. The Hall–Kier alpha value is -2.66. The van der Waals surface area contributed by atoms with E-state index < -0.39 is 0 Å². The van der Waals surface area contributed by atoms with Crippen molar-refractivity contribution in [1.29, 1.82) is 0 Å². The maximum Gasteiger partial charge on any atom is 0.249 e. The number of hydrogen-bond donors (Lipinski definition) is 1. The third kappa shape index (κ3) is 4.00. The van der Waals surface area contributed by atoms with E-state index in [0.29, 0.717) is 11.0 Å². The number of nitrogens with zero attached hydrogens (tertiary/aromatic N) is 4. The van der Waals surface area contributed by atoms with Crippen LogP contribution in [0.25, 0.3) is 0 Å². The fraction of sp³-hybridized carbons (Fsp3) is 0.167. The predicted molar refractivity (Wildman–Crippen MR) is 97.7 cm³/mol. The molecule has 24 heavy (non-hydrogen) atoms. The van der Waals surface area contributed by atoms with Gasteiger partial charge in [0.2, 0.25) is 5.95 Å². The summed E-state index contributed by atoms with van der Waals surface area (Å²) < 4.78 is 0. The predicted octanol–water partition coefficient (Wildman–Crippen LogP) is 4.30. The zero-order chi connectivity index (χ0) is 16.8. The molecule has 6 heteroatoms. The Morgan fingerprint density at radius 3 is 2.54 bits per heavy atom. The first kappa shape index (κ1) is 16.2. The molecule has 2 aromatic carbocycles. The number of hydrogen-bond acceptors (Lipinski definition) is 5. The normalized spacial score (nSPS) is 10.4. The van der Waals surface area contributed by atoms with Gasteiger partial charge in [0.15, 0.2) is 5.82 Å². The van der Waals surface area contributed by atoms with Crippen LogP contribution in [0, 0.1) is 0 Å². The lowest BCUT2D eigenvalue weighted by atomic mass is 10.2. The average molecular weight is 340 g/mol. The van der Waals surface area contributed by atoms with E-state index in [1.165, 1.54) is 5.56 Å². The van der Waals surface area contributed by atoms with Crippen LogP contribution in [-0.2, 0) is 6.54 Å². The minimum absolute atomic E-state index is 0.423. The van der Waals surface area contributed by atoms with E-state index in [4.69, 9.17) is 11.6 Å². The average Bonchev–Trinajstić information content (AvgIpc) is 2.63. The minimum atomic E-state index is 0.423. The molecule has 0 unspecified atom stereocenters. The van der Waals surface area contributed by atoms with E-state index >= 15 is 0 Å². The summed E-state index contributed by atoms with van der Waals surface area (Å²) in [4.78, 5) is 6.70. The standard InChI is InChI=1S/C18H18ClN5/c1-2-24(13-14-8-4-3-5-9-14)17-12-20-23-18(22-17)21-16-11-7-6-10-15(16)19/h3-12H,2,13H2,1H3,(H,21,22,23). The molecule has 1 N–H and O–H groups in total. The Bertz CT molecular complexity index is 794. The summed E-state index contributed by atoms with van der Waals surface area (Å²) in [5.41, 5.74) is 1.97. The summed E-state index contributed by atoms with van der Waals surface area (Å²) in [5.74, 6) is 1.19. The number of aromatic nitrogens is 3. The molecular formula is C18H18ClN5. The Morgan fingerprint density at radius 1 is 1.04 bits per heavy atom. The molecule has 122 valence electrons. The monoisotopic (exact) mass is 339 g/mol. The van der Waals surface area contributed by atoms with Crippen LogP contribution in [0.1, 0.15) is 12.5 Å². The molecule has 0 spiro atoms. The van der Waals surface area contributed by atoms with Gasteiger partial charge in [0.1, 0.15) is 0 Å². The molecule has 0 radical (unpaired) electrons. The van der Waals surface area contributed by atoms with E-state index in [9.17, 15) is 0 Å². The minimum Gasteiger partial charge on any atom is -0.351 e. The summed E-state index contributed by atoms with van der Waals surface area (Å²) in [5, 5.41) is 11.8. The number of benzene rings is 2. The summed E-state index contributed by atoms with van der Waals surface area (Å²) in [6.07, 6.45) is 1.67. The van der Waals surface area contributed by atoms with Gasteiger partial charge in [0.25, 0.3) is 0 Å². The summed E-state index contributed by atoms with van der Waals surface area (Å²) in [6, 6.07) is 17.7. The first-order valence-electron chi connectivity index (χ1n) is 7.76. The van der Waals surface area contributed by atoms with Crippen molar-refractivity contribution in [3.63, 3.8) is 0 Å². The fourth-order valence-corrected chi connectivity index (χ4v) is 2.52.